The molecule has 0 heterocycles. The van der Waals surface area contributed by atoms with Gasteiger partial charge in [-0.05, 0) is 107 Å². The maximum absolute atomic E-state index is 6.44. The highest BCUT2D eigenvalue weighted by Gasteiger charge is 2.61. The van der Waals surface area contributed by atoms with Crippen molar-refractivity contribution >= 4 is 0 Å². The van der Waals surface area contributed by atoms with Gasteiger partial charge in [-0.15, -0.1) is 0 Å². The zero-order chi connectivity index (χ0) is 22.6. The van der Waals surface area contributed by atoms with Gasteiger partial charge in [0, 0.05) is 5.41 Å². The number of hydrogen-bond donors (Lipinski definition) is 0. The summed E-state index contributed by atoms with van der Waals surface area (Å²) < 4.78 is 0. The van der Waals surface area contributed by atoms with Crippen molar-refractivity contribution in [2.24, 2.45) is 46.3 Å². The lowest BCUT2D eigenvalue weighted by Gasteiger charge is -2.58. The molecule has 9 atom stereocenters. The Balaban J connectivity index is 1.73. The molecule has 178 valence electrons. The lowest BCUT2D eigenvalue weighted by molar-refractivity contribution is -0.385. The summed E-state index contributed by atoms with van der Waals surface area (Å²) in [5, 5.41) is 0. The van der Waals surface area contributed by atoms with Crippen LogP contribution in [0.2, 0.25) is 0 Å². The maximum atomic E-state index is 6.44. The zero-order valence-corrected chi connectivity index (χ0v) is 21.8. The zero-order valence-electron chi connectivity index (χ0n) is 21.8. The van der Waals surface area contributed by atoms with Gasteiger partial charge in [-0.2, -0.15) is 0 Å². The van der Waals surface area contributed by atoms with E-state index in [0.29, 0.717) is 5.41 Å². The average molecular weight is 431 g/mol. The molecule has 2 nitrogen and oxygen atoms in total. The minimum atomic E-state index is -0.274. The molecule has 0 aromatic carbocycles. The minimum Gasteiger partial charge on any atom is -0.230 e. The van der Waals surface area contributed by atoms with E-state index in [4.69, 9.17) is 9.78 Å². The van der Waals surface area contributed by atoms with Crippen LogP contribution in [0.3, 0.4) is 0 Å². The molecule has 0 aliphatic heterocycles. The van der Waals surface area contributed by atoms with Crippen LogP contribution in [0, 0.1) is 46.3 Å². The largest absolute Gasteiger partial charge is 0.230 e. The van der Waals surface area contributed by atoms with Gasteiger partial charge in [0.2, 0.25) is 0 Å². The van der Waals surface area contributed by atoms with Gasteiger partial charge in [-0.25, -0.2) is 9.78 Å². The van der Waals surface area contributed by atoms with Gasteiger partial charge >= 0.3 is 0 Å². The van der Waals surface area contributed by atoms with Gasteiger partial charge in [0.25, 0.3) is 0 Å². The summed E-state index contributed by atoms with van der Waals surface area (Å²) in [5.74, 6) is 4.78. The lowest BCUT2D eigenvalue weighted by atomic mass is 9.47. The Hall–Kier alpha value is -0.340. The fourth-order valence-corrected chi connectivity index (χ4v) is 8.66. The summed E-state index contributed by atoms with van der Waals surface area (Å²) in [6, 6.07) is 0. The van der Waals surface area contributed by atoms with Crippen molar-refractivity contribution in [1.82, 2.24) is 0 Å². The fourth-order valence-electron chi connectivity index (χ4n) is 8.66. The molecule has 0 aromatic rings. The van der Waals surface area contributed by atoms with Crippen molar-refractivity contribution in [3.8, 4) is 0 Å². The molecule has 0 saturated heterocycles. The molecule has 0 aromatic heterocycles. The Morgan fingerprint density at radius 3 is 2.52 bits per heavy atom. The molecule has 0 N–H and O–H groups in total. The molecular weight excluding hydrogens is 380 g/mol. The quantitative estimate of drug-likeness (QED) is 0.248. The number of allylic oxidation sites excluding steroid dienone is 1. The Bertz CT molecular complexity index is 675. The molecule has 1 unspecified atom stereocenters. The molecule has 0 spiro atoms. The van der Waals surface area contributed by atoms with Gasteiger partial charge in [0.1, 0.15) is 6.10 Å². The second-order valence-electron chi connectivity index (χ2n) is 13.4. The van der Waals surface area contributed by atoms with Gasteiger partial charge in [-0.1, -0.05) is 59.1 Å². The van der Waals surface area contributed by atoms with Crippen molar-refractivity contribution in [2.45, 2.75) is 125 Å². The van der Waals surface area contributed by atoms with Crippen LogP contribution in [0.4, 0.5) is 0 Å². The Labute approximate surface area is 192 Å². The number of hydrogen-bond acceptors (Lipinski definition) is 2. The van der Waals surface area contributed by atoms with Crippen LogP contribution in [-0.4, -0.2) is 11.7 Å². The highest BCUT2D eigenvalue weighted by molar-refractivity contribution is 5.31. The van der Waals surface area contributed by atoms with E-state index in [1.165, 1.54) is 57.8 Å². The lowest BCUT2D eigenvalue weighted by Crippen LogP contribution is -2.54. The van der Waals surface area contributed by atoms with Crippen molar-refractivity contribution in [1.29, 1.82) is 0 Å². The van der Waals surface area contributed by atoms with E-state index in [1.54, 1.807) is 5.57 Å². The summed E-state index contributed by atoms with van der Waals surface area (Å²) in [6.07, 6.45) is 15.1. The fraction of sp³-hybridized carbons (Fsp3) is 0.931. The third-order valence-electron chi connectivity index (χ3n) is 10.3. The molecular formula is C29H50O2. The second kappa shape index (κ2) is 8.46. The van der Waals surface area contributed by atoms with Crippen LogP contribution >= 0.6 is 0 Å². The number of fused-ring (bicyclic) bond motifs is 5. The molecule has 0 radical (unpaired) electrons. The van der Waals surface area contributed by atoms with Crippen LogP contribution in [0.15, 0.2) is 11.6 Å². The summed E-state index contributed by atoms with van der Waals surface area (Å²) in [5.41, 5.74) is 2.07. The summed E-state index contributed by atoms with van der Waals surface area (Å²) in [4.78, 5) is 12.5. The molecule has 0 bridgehead atoms. The van der Waals surface area contributed by atoms with Gasteiger partial charge < -0.3 is 0 Å². The smallest absolute Gasteiger partial charge is 0.117 e. The molecule has 4 aliphatic rings. The molecule has 3 saturated carbocycles. The van der Waals surface area contributed by atoms with Crippen LogP contribution in [0.25, 0.3) is 0 Å². The van der Waals surface area contributed by atoms with Gasteiger partial charge in [0.15, 0.2) is 0 Å². The van der Waals surface area contributed by atoms with E-state index < -0.39 is 0 Å². The Morgan fingerprint density at radius 2 is 1.84 bits per heavy atom. The predicted octanol–water partition coefficient (Wildman–Crippen LogP) is 8.36. The van der Waals surface area contributed by atoms with Crippen molar-refractivity contribution in [3.63, 3.8) is 0 Å². The first-order valence-corrected chi connectivity index (χ1v) is 13.6. The molecule has 0 amide bonds. The predicted molar refractivity (Wildman–Crippen MR) is 130 cm³/mol. The summed E-state index contributed by atoms with van der Waals surface area (Å²) >= 11 is 0. The van der Waals surface area contributed by atoms with E-state index >= 15 is 0 Å². The van der Waals surface area contributed by atoms with Crippen LogP contribution in [0.1, 0.15) is 113 Å². The first kappa shape index (κ1) is 23.8. The minimum absolute atomic E-state index is 0.0877. The summed E-state index contributed by atoms with van der Waals surface area (Å²) in [7, 11) is 0. The van der Waals surface area contributed by atoms with E-state index in [2.05, 4.69) is 61.5 Å². The number of rotatable bonds is 5. The van der Waals surface area contributed by atoms with Crippen LogP contribution < -0.4 is 0 Å². The van der Waals surface area contributed by atoms with Crippen molar-refractivity contribution in [2.75, 3.05) is 0 Å². The SMILES string of the molecule is CCC[C@@H](C)[C@H]1CC[C@H]2[C@@H]3CC[C@@H]4C[C@H](C)CC[C@]4(C)C3=CC(OOC(C)(C)C)[C@]12C. The highest BCUT2D eigenvalue weighted by Crippen LogP contribution is 2.67. The molecule has 4 aliphatic carbocycles. The van der Waals surface area contributed by atoms with Crippen LogP contribution in [0.5, 0.6) is 0 Å². The van der Waals surface area contributed by atoms with Crippen molar-refractivity contribution in [3.05, 3.63) is 11.6 Å². The van der Waals surface area contributed by atoms with Crippen molar-refractivity contribution < 1.29 is 9.78 Å². The molecule has 3 fully saturated rings. The van der Waals surface area contributed by atoms with E-state index in [1.807, 2.05) is 0 Å². The Kier molecular flexibility index (Phi) is 6.50. The third kappa shape index (κ3) is 4.07. The van der Waals surface area contributed by atoms with Gasteiger partial charge in [0.05, 0.1) is 5.60 Å². The average Bonchev–Trinajstić information content (AvgIpc) is 3.04. The Morgan fingerprint density at radius 1 is 1.10 bits per heavy atom. The second-order valence-corrected chi connectivity index (χ2v) is 13.4. The monoisotopic (exact) mass is 430 g/mol. The third-order valence-corrected chi connectivity index (χ3v) is 10.3. The standard InChI is InChI=1S/C29H50O2/c1-9-10-20(3)23-13-14-24-22-12-11-21-17-19(2)15-16-28(21,7)25(22)18-26(29(23,24)8)30-31-27(4,5)6/h18-24,26H,9-17H2,1-8H3/t19-,20-,21-,22+,23-,24+,26?,28+,29-/m1/s1. The van der Waals surface area contributed by atoms with E-state index in [-0.39, 0.29) is 17.1 Å². The molecule has 31 heavy (non-hydrogen) atoms. The van der Waals surface area contributed by atoms with Crippen LogP contribution in [-0.2, 0) is 9.78 Å². The highest BCUT2D eigenvalue weighted by atomic mass is 17.2. The topological polar surface area (TPSA) is 18.5 Å². The normalized spacial score (nSPS) is 46.0. The summed E-state index contributed by atoms with van der Waals surface area (Å²) in [6.45, 7) is 18.8. The molecule has 2 heteroatoms. The first-order valence-electron chi connectivity index (χ1n) is 13.6. The molecule has 4 rings (SSSR count). The first-order chi connectivity index (χ1) is 14.5. The maximum Gasteiger partial charge on any atom is 0.117 e. The van der Waals surface area contributed by atoms with Gasteiger partial charge in [-0.3, -0.25) is 0 Å². The van der Waals surface area contributed by atoms with E-state index in [9.17, 15) is 0 Å². The van der Waals surface area contributed by atoms with E-state index in [0.717, 1.165) is 35.5 Å².